The minimum absolute atomic E-state index is 0.0327. The second kappa shape index (κ2) is 4.85. The van der Waals surface area contributed by atoms with Gasteiger partial charge in [0, 0.05) is 24.1 Å². The standard InChI is InChI=1S/C11H13N5OS/c17-10(4-3-8-5-12-16-15-8)14-11-13-9(6-18-11)7-1-2-7/h5-7H,1-4H2,(H,12,15,16)(H,13,14,17). The van der Waals surface area contributed by atoms with Crippen LogP contribution in [0.25, 0.3) is 0 Å². The van der Waals surface area contributed by atoms with Gasteiger partial charge >= 0.3 is 0 Å². The lowest BCUT2D eigenvalue weighted by molar-refractivity contribution is -0.116. The van der Waals surface area contributed by atoms with Gasteiger partial charge in [-0.3, -0.25) is 4.79 Å². The van der Waals surface area contributed by atoms with E-state index in [0.29, 0.717) is 23.9 Å². The van der Waals surface area contributed by atoms with Crippen molar-refractivity contribution in [3.8, 4) is 0 Å². The molecule has 1 aliphatic carbocycles. The molecule has 1 fully saturated rings. The largest absolute Gasteiger partial charge is 0.302 e. The Kier molecular flexibility index (Phi) is 3.06. The number of aryl methyl sites for hydroxylation is 1. The van der Waals surface area contributed by atoms with Gasteiger partial charge in [0.05, 0.1) is 17.6 Å². The van der Waals surface area contributed by atoms with Crippen LogP contribution in [-0.4, -0.2) is 26.3 Å². The van der Waals surface area contributed by atoms with Gasteiger partial charge in [0.25, 0.3) is 0 Å². The SMILES string of the molecule is O=C(CCc1cn[nH]n1)Nc1nc(C2CC2)cs1. The van der Waals surface area contributed by atoms with E-state index in [4.69, 9.17) is 0 Å². The van der Waals surface area contributed by atoms with E-state index in [0.717, 1.165) is 11.4 Å². The average Bonchev–Trinajstić information content (AvgIpc) is 2.90. The number of amides is 1. The Hall–Kier alpha value is -1.76. The van der Waals surface area contributed by atoms with Crippen LogP contribution in [-0.2, 0) is 11.2 Å². The minimum atomic E-state index is -0.0327. The number of nitrogens with one attached hydrogen (secondary N) is 2. The van der Waals surface area contributed by atoms with E-state index in [1.165, 1.54) is 24.2 Å². The summed E-state index contributed by atoms with van der Waals surface area (Å²) in [6, 6.07) is 0. The first-order chi connectivity index (χ1) is 8.81. The molecule has 0 radical (unpaired) electrons. The molecule has 2 heterocycles. The fourth-order valence-corrected chi connectivity index (χ4v) is 2.49. The lowest BCUT2D eigenvalue weighted by atomic mass is 10.2. The molecular formula is C11H13N5OS. The van der Waals surface area contributed by atoms with Crippen LogP contribution in [0.2, 0.25) is 0 Å². The third kappa shape index (κ3) is 2.73. The van der Waals surface area contributed by atoms with E-state index in [9.17, 15) is 4.79 Å². The molecule has 18 heavy (non-hydrogen) atoms. The number of carbonyl (C=O) groups excluding carboxylic acids is 1. The number of nitrogens with zero attached hydrogens (tertiary/aromatic N) is 3. The Balaban J connectivity index is 1.50. The van der Waals surface area contributed by atoms with Gasteiger partial charge in [0.15, 0.2) is 5.13 Å². The summed E-state index contributed by atoms with van der Waals surface area (Å²) >= 11 is 1.49. The van der Waals surface area contributed by atoms with Crippen LogP contribution in [0.1, 0.15) is 36.6 Å². The second-order valence-electron chi connectivity index (χ2n) is 4.36. The first-order valence-corrected chi connectivity index (χ1v) is 6.79. The predicted octanol–water partition coefficient (Wildman–Crippen LogP) is 1.71. The van der Waals surface area contributed by atoms with Crippen LogP contribution in [0.5, 0.6) is 0 Å². The van der Waals surface area contributed by atoms with Crippen LogP contribution >= 0.6 is 11.3 Å². The third-order valence-electron chi connectivity index (χ3n) is 2.84. The molecular weight excluding hydrogens is 250 g/mol. The Morgan fingerprint density at radius 3 is 3.17 bits per heavy atom. The number of anilines is 1. The van der Waals surface area contributed by atoms with Crippen molar-refractivity contribution in [2.75, 3.05) is 5.32 Å². The van der Waals surface area contributed by atoms with Crippen LogP contribution < -0.4 is 5.32 Å². The number of carbonyl (C=O) groups is 1. The summed E-state index contributed by atoms with van der Waals surface area (Å²) in [5.74, 6) is 0.594. The molecule has 2 aromatic heterocycles. The van der Waals surface area contributed by atoms with Gasteiger partial charge in [-0.05, 0) is 12.8 Å². The molecule has 6 nitrogen and oxygen atoms in total. The monoisotopic (exact) mass is 263 g/mol. The molecule has 0 aromatic carbocycles. The molecule has 0 saturated heterocycles. The quantitative estimate of drug-likeness (QED) is 0.860. The zero-order valence-electron chi connectivity index (χ0n) is 9.72. The van der Waals surface area contributed by atoms with Crippen LogP contribution in [0.15, 0.2) is 11.6 Å². The topological polar surface area (TPSA) is 83.6 Å². The van der Waals surface area contributed by atoms with E-state index in [1.807, 2.05) is 5.38 Å². The first kappa shape index (κ1) is 11.3. The summed E-state index contributed by atoms with van der Waals surface area (Å²) in [6.45, 7) is 0. The number of aromatic nitrogens is 4. The number of H-pyrrole nitrogens is 1. The summed E-state index contributed by atoms with van der Waals surface area (Å²) in [4.78, 5) is 16.1. The van der Waals surface area contributed by atoms with Crippen molar-refractivity contribution in [1.82, 2.24) is 20.4 Å². The van der Waals surface area contributed by atoms with Crippen LogP contribution in [0, 0.1) is 0 Å². The molecule has 0 atom stereocenters. The van der Waals surface area contributed by atoms with Gasteiger partial charge in [-0.1, -0.05) is 0 Å². The van der Waals surface area contributed by atoms with Crippen molar-refractivity contribution in [3.63, 3.8) is 0 Å². The summed E-state index contributed by atoms with van der Waals surface area (Å²) in [7, 11) is 0. The molecule has 94 valence electrons. The van der Waals surface area contributed by atoms with Crippen molar-refractivity contribution < 1.29 is 4.79 Å². The van der Waals surface area contributed by atoms with Crippen LogP contribution in [0.4, 0.5) is 5.13 Å². The molecule has 0 bridgehead atoms. The molecule has 0 aliphatic heterocycles. The lowest BCUT2D eigenvalue weighted by Crippen LogP contribution is -2.12. The number of hydrogen-bond donors (Lipinski definition) is 2. The van der Waals surface area contributed by atoms with Gasteiger partial charge < -0.3 is 5.32 Å². The predicted molar refractivity (Wildman–Crippen MR) is 67.4 cm³/mol. The lowest BCUT2D eigenvalue weighted by Gasteiger charge is -1.99. The zero-order chi connectivity index (χ0) is 12.4. The Bertz CT molecular complexity index is 531. The van der Waals surface area contributed by atoms with Crippen LogP contribution in [0.3, 0.4) is 0 Å². The summed E-state index contributed by atoms with van der Waals surface area (Å²) in [5, 5.41) is 15.7. The molecule has 2 N–H and O–H groups in total. The van der Waals surface area contributed by atoms with Gasteiger partial charge in [-0.2, -0.15) is 15.4 Å². The minimum Gasteiger partial charge on any atom is -0.302 e. The number of rotatable bonds is 5. The molecule has 1 saturated carbocycles. The molecule has 1 aliphatic rings. The number of aromatic amines is 1. The maximum Gasteiger partial charge on any atom is 0.226 e. The molecule has 0 unspecified atom stereocenters. The maximum absolute atomic E-state index is 11.7. The number of thiazole rings is 1. The van der Waals surface area contributed by atoms with Crippen molar-refractivity contribution in [1.29, 1.82) is 0 Å². The van der Waals surface area contributed by atoms with Crippen molar-refractivity contribution in [2.24, 2.45) is 0 Å². The molecule has 1 amide bonds. The molecule has 2 aromatic rings. The van der Waals surface area contributed by atoms with Crippen molar-refractivity contribution in [3.05, 3.63) is 23.0 Å². The van der Waals surface area contributed by atoms with Crippen molar-refractivity contribution >= 4 is 22.4 Å². The third-order valence-corrected chi connectivity index (χ3v) is 3.61. The molecule has 7 heteroatoms. The Morgan fingerprint density at radius 1 is 1.56 bits per heavy atom. The van der Waals surface area contributed by atoms with Gasteiger partial charge in [0.1, 0.15) is 0 Å². The maximum atomic E-state index is 11.7. The Morgan fingerprint density at radius 2 is 2.44 bits per heavy atom. The van der Waals surface area contributed by atoms with E-state index in [2.05, 4.69) is 25.7 Å². The zero-order valence-corrected chi connectivity index (χ0v) is 10.5. The first-order valence-electron chi connectivity index (χ1n) is 5.91. The smallest absolute Gasteiger partial charge is 0.226 e. The summed E-state index contributed by atoms with van der Waals surface area (Å²) in [6.07, 6.45) is 5.06. The fraction of sp³-hybridized carbons (Fsp3) is 0.455. The highest BCUT2D eigenvalue weighted by atomic mass is 32.1. The van der Waals surface area contributed by atoms with Gasteiger partial charge in [-0.15, -0.1) is 11.3 Å². The number of hydrogen-bond acceptors (Lipinski definition) is 5. The van der Waals surface area contributed by atoms with Gasteiger partial charge in [-0.25, -0.2) is 4.98 Å². The van der Waals surface area contributed by atoms with E-state index >= 15 is 0 Å². The molecule has 0 spiro atoms. The van der Waals surface area contributed by atoms with E-state index in [-0.39, 0.29) is 5.91 Å². The second-order valence-corrected chi connectivity index (χ2v) is 5.22. The summed E-state index contributed by atoms with van der Waals surface area (Å²) in [5.41, 5.74) is 1.91. The average molecular weight is 263 g/mol. The van der Waals surface area contributed by atoms with Gasteiger partial charge in [0.2, 0.25) is 5.91 Å². The highest BCUT2D eigenvalue weighted by Gasteiger charge is 2.26. The van der Waals surface area contributed by atoms with Crippen molar-refractivity contribution in [2.45, 2.75) is 31.6 Å². The highest BCUT2D eigenvalue weighted by Crippen LogP contribution is 2.40. The fourth-order valence-electron chi connectivity index (χ4n) is 1.68. The highest BCUT2D eigenvalue weighted by molar-refractivity contribution is 7.13. The Labute approximate surface area is 108 Å². The normalized spacial score (nSPS) is 14.7. The van der Waals surface area contributed by atoms with E-state index in [1.54, 1.807) is 6.20 Å². The van der Waals surface area contributed by atoms with E-state index < -0.39 is 0 Å². The molecule has 3 rings (SSSR count). The summed E-state index contributed by atoms with van der Waals surface area (Å²) < 4.78 is 0.